The molecule has 1 saturated carbocycles. The van der Waals surface area contributed by atoms with Crippen LogP contribution in [0.25, 0.3) is 0 Å². The summed E-state index contributed by atoms with van der Waals surface area (Å²) in [6.07, 6.45) is 8.19. The summed E-state index contributed by atoms with van der Waals surface area (Å²) in [4.78, 5) is 2.47. The third-order valence-corrected chi connectivity index (χ3v) is 5.95. The fourth-order valence-electron chi connectivity index (χ4n) is 4.40. The van der Waals surface area contributed by atoms with Crippen molar-refractivity contribution in [3.05, 3.63) is 95.3 Å². The Balaban J connectivity index is 1.54. The molecule has 1 aliphatic carbocycles. The van der Waals surface area contributed by atoms with E-state index in [9.17, 15) is 8.78 Å². The fourth-order valence-corrected chi connectivity index (χ4v) is 4.40. The van der Waals surface area contributed by atoms with Crippen LogP contribution in [0.3, 0.4) is 0 Å². The molecule has 2 nitrogen and oxygen atoms in total. The summed E-state index contributed by atoms with van der Waals surface area (Å²) < 4.78 is 30.0. The van der Waals surface area contributed by atoms with E-state index < -0.39 is 0 Å². The average molecular weight is 395 g/mol. The molecule has 4 heteroatoms. The van der Waals surface area contributed by atoms with Crippen molar-refractivity contribution in [1.29, 1.82) is 0 Å². The molecule has 1 aromatic heterocycles. The van der Waals surface area contributed by atoms with Crippen molar-refractivity contribution in [2.45, 2.75) is 57.8 Å². The first-order valence-corrected chi connectivity index (χ1v) is 10.5. The Kier molecular flexibility index (Phi) is 6.40. The Morgan fingerprint density at radius 1 is 0.862 bits per heavy atom. The van der Waals surface area contributed by atoms with E-state index in [0.29, 0.717) is 18.2 Å². The van der Waals surface area contributed by atoms with E-state index in [1.54, 1.807) is 18.2 Å². The van der Waals surface area contributed by atoms with Crippen LogP contribution in [-0.4, -0.2) is 15.5 Å². The van der Waals surface area contributed by atoms with Crippen molar-refractivity contribution in [2.24, 2.45) is 0 Å². The molecule has 0 aliphatic heterocycles. The molecule has 1 aliphatic rings. The van der Waals surface area contributed by atoms with Crippen LogP contribution in [0.5, 0.6) is 0 Å². The van der Waals surface area contributed by atoms with E-state index in [0.717, 1.165) is 24.3 Å². The lowest BCUT2D eigenvalue weighted by Crippen LogP contribution is -2.36. The zero-order valence-corrected chi connectivity index (χ0v) is 16.7. The minimum Gasteiger partial charge on any atom is -0.346 e. The first kappa shape index (κ1) is 19.8. The molecule has 29 heavy (non-hydrogen) atoms. The average Bonchev–Trinajstić information content (AvgIpc) is 3.17. The van der Waals surface area contributed by atoms with Gasteiger partial charge in [-0.25, -0.2) is 8.78 Å². The van der Waals surface area contributed by atoms with Gasteiger partial charge in [0.25, 0.3) is 0 Å². The highest BCUT2D eigenvalue weighted by molar-refractivity contribution is 5.20. The number of rotatable bonds is 7. The second-order valence-corrected chi connectivity index (χ2v) is 8.05. The maximum Gasteiger partial charge on any atom is 0.128 e. The van der Waals surface area contributed by atoms with Crippen LogP contribution in [0.1, 0.15) is 48.9 Å². The summed E-state index contributed by atoms with van der Waals surface area (Å²) in [6.45, 7) is 2.03. The molecule has 4 rings (SSSR count). The van der Waals surface area contributed by atoms with Gasteiger partial charge in [0.15, 0.2) is 0 Å². The number of halogens is 2. The number of benzene rings is 2. The summed E-state index contributed by atoms with van der Waals surface area (Å²) >= 11 is 0. The molecular weight excluding hydrogens is 366 g/mol. The third-order valence-electron chi connectivity index (χ3n) is 5.95. The Morgan fingerprint density at radius 3 is 2.48 bits per heavy atom. The number of nitrogens with zero attached hydrogens (tertiary/aromatic N) is 2. The van der Waals surface area contributed by atoms with Gasteiger partial charge in [0.05, 0.1) is 6.54 Å². The molecule has 152 valence electrons. The molecule has 1 heterocycles. The van der Waals surface area contributed by atoms with Crippen molar-refractivity contribution in [3.8, 4) is 0 Å². The van der Waals surface area contributed by atoms with E-state index in [2.05, 4.69) is 15.5 Å². The van der Waals surface area contributed by atoms with E-state index in [-0.39, 0.29) is 11.6 Å². The van der Waals surface area contributed by atoms with Crippen LogP contribution >= 0.6 is 0 Å². The summed E-state index contributed by atoms with van der Waals surface area (Å²) in [6, 6.07) is 18.5. The zero-order chi connectivity index (χ0) is 20.1. The standard InChI is InChI=1S/C25H28F2N2/c26-22-10-6-8-20(16-22)17-29(23-11-2-1-3-12-23)19-24-13-7-15-28(24)18-21-9-4-5-14-25(21)27/h4-10,13-16,23H,1-3,11-12,17-19H2. The topological polar surface area (TPSA) is 8.17 Å². The van der Waals surface area contributed by atoms with Gasteiger partial charge in [0, 0.05) is 36.6 Å². The van der Waals surface area contributed by atoms with Crippen molar-refractivity contribution < 1.29 is 8.78 Å². The molecule has 0 radical (unpaired) electrons. The summed E-state index contributed by atoms with van der Waals surface area (Å²) in [5, 5.41) is 0. The Labute approximate surface area is 171 Å². The lowest BCUT2D eigenvalue weighted by molar-refractivity contribution is 0.136. The number of aromatic nitrogens is 1. The van der Waals surface area contributed by atoms with Crippen LogP contribution in [0.15, 0.2) is 66.9 Å². The molecule has 0 unspecified atom stereocenters. The Morgan fingerprint density at radius 2 is 1.69 bits per heavy atom. The third kappa shape index (κ3) is 5.13. The quantitative estimate of drug-likeness (QED) is 0.467. The number of hydrogen-bond acceptors (Lipinski definition) is 1. The van der Waals surface area contributed by atoms with Gasteiger partial charge in [-0.15, -0.1) is 0 Å². The zero-order valence-electron chi connectivity index (χ0n) is 16.7. The van der Waals surface area contributed by atoms with Crippen LogP contribution < -0.4 is 0 Å². The highest BCUT2D eigenvalue weighted by atomic mass is 19.1. The van der Waals surface area contributed by atoms with Gasteiger partial charge < -0.3 is 4.57 Å². The molecule has 3 aromatic rings. The molecule has 0 amide bonds. The molecular formula is C25H28F2N2. The second-order valence-electron chi connectivity index (χ2n) is 8.05. The van der Waals surface area contributed by atoms with Gasteiger partial charge in [-0.1, -0.05) is 49.6 Å². The lowest BCUT2D eigenvalue weighted by Gasteiger charge is -2.34. The summed E-state index contributed by atoms with van der Waals surface area (Å²) in [5.74, 6) is -0.356. The second kappa shape index (κ2) is 9.36. The molecule has 2 aromatic carbocycles. The van der Waals surface area contributed by atoms with E-state index >= 15 is 0 Å². The van der Waals surface area contributed by atoms with Gasteiger partial charge in [-0.3, -0.25) is 4.90 Å². The van der Waals surface area contributed by atoms with E-state index in [1.807, 2.05) is 30.5 Å². The molecule has 0 atom stereocenters. The molecule has 0 spiro atoms. The van der Waals surface area contributed by atoms with Crippen molar-refractivity contribution in [1.82, 2.24) is 9.47 Å². The summed E-state index contributed by atoms with van der Waals surface area (Å²) in [7, 11) is 0. The first-order chi connectivity index (χ1) is 14.2. The van der Waals surface area contributed by atoms with Crippen molar-refractivity contribution >= 4 is 0 Å². The highest BCUT2D eigenvalue weighted by Crippen LogP contribution is 2.26. The normalized spacial score (nSPS) is 15.1. The van der Waals surface area contributed by atoms with Gasteiger partial charge >= 0.3 is 0 Å². The van der Waals surface area contributed by atoms with E-state index in [4.69, 9.17) is 0 Å². The van der Waals surface area contributed by atoms with Gasteiger partial charge in [0.1, 0.15) is 11.6 Å². The summed E-state index contributed by atoms with van der Waals surface area (Å²) in [5.41, 5.74) is 2.86. The first-order valence-electron chi connectivity index (χ1n) is 10.5. The van der Waals surface area contributed by atoms with E-state index in [1.165, 1.54) is 44.2 Å². The molecule has 0 bridgehead atoms. The van der Waals surface area contributed by atoms with Gasteiger partial charge in [0.2, 0.25) is 0 Å². The minimum absolute atomic E-state index is 0.170. The number of hydrogen-bond donors (Lipinski definition) is 0. The van der Waals surface area contributed by atoms with Crippen LogP contribution in [0, 0.1) is 11.6 Å². The van der Waals surface area contributed by atoms with Gasteiger partial charge in [-0.2, -0.15) is 0 Å². The fraction of sp³-hybridized carbons (Fsp3) is 0.360. The van der Waals surface area contributed by atoms with Gasteiger partial charge in [-0.05, 0) is 48.7 Å². The molecule has 0 N–H and O–H groups in total. The predicted molar refractivity (Wildman–Crippen MR) is 112 cm³/mol. The molecule has 1 fully saturated rings. The monoisotopic (exact) mass is 394 g/mol. The Bertz CT molecular complexity index is 928. The van der Waals surface area contributed by atoms with Crippen molar-refractivity contribution in [2.75, 3.05) is 0 Å². The maximum absolute atomic E-state index is 14.1. The smallest absolute Gasteiger partial charge is 0.128 e. The minimum atomic E-state index is -0.186. The largest absolute Gasteiger partial charge is 0.346 e. The van der Waals surface area contributed by atoms with Crippen LogP contribution in [-0.2, 0) is 19.6 Å². The maximum atomic E-state index is 14.1. The molecule has 0 saturated heterocycles. The SMILES string of the molecule is Fc1cccc(CN(Cc2cccn2Cc2ccccc2F)C2CCCCC2)c1. The predicted octanol–water partition coefficient (Wildman–Crippen LogP) is 6.15. The lowest BCUT2D eigenvalue weighted by atomic mass is 9.93. The van der Waals surface area contributed by atoms with Crippen molar-refractivity contribution in [3.63, 3.8) is 0 Å². The van der Waals surface area contributed by atoms with Crippen LogP contribution in [0.2, 0.25) is 0 Å². The Hall–Kier alpha value is -2.46. The van der Waals surface area contributed by atoms with Crippen LogP contribution in [0.4, 0.5) is 8.78 Å². The highest BCUT2D eigenvalue weighted by Gasteiger charge is 2.22.